The van der Waals surface area contributed by atoms with Crippen LogP contribution in [0.1, 0.15) is 19.8 Å². The van der Waals surface area contributed by atoms with Crippen molar-refractivity contribution in [3.8, 4) is 0 Å². The van der Waals surface area contributed by atoms with Gasteiger partial charge in [-0.05, 0) is 44.0 Å². The van der Waals surface area contributed by atoms with Crippen LogP contribution in [-0.2, 0) is 9.59 Å². The van der Waals surface area contributed by atoms with Gasteiger partial charge in [0.2, 0.25) is 11.8 Å². The van der Waals surface area contributed by atoms with E-state index in [0.717, 1.165) is 4.90 Å². The van der Waals surface area contributed by atoms with Crippen molar-refractivity contribution >= 4 is 35.2 Å². The minimum atomic E-state index is -0.259. The molecule has 21 heavy (non-hydrogen) atoms. The normalized spacial score (nSPS) is 17.5. The van der Waals surface area contributed by atoms with Crippen molar-refractivity contribution in [2.24, 2.45) is 11.7 Å². The van der Waals surface area contributed by atoms with Crippen LogP contribution in [0.3, 0.4) is 0 Å². The first-order chi connectivity index (χ1) is 9.97. The number of piperidine rings is 1. The summed E-state index contributed by atoms with van der Waals surface area (Å²) < 4.78 is 0. The number of carbonyl (C=O) groups excluding carboxylic acids is 2. The molecule has 1 aromatic carbocycles. The highest BCUT2D eigenvalue weighted by Gasteiger charge is 2.28. The molecule has 2 rings (SSSR count). The standard InChI is InChI=1S/C15H19ClN2O2S/c1-10(21-13-4-2-12(16)3-5-13)15(20)18-8-6-11(7-9-18)14(17)19/h2-5,10-11H,6-9H2,1H3,(H2,17,19)/t10-/m0/s1. The number of carbonyl (C=O) groups is 2. The van der Waals surface area contributed by atoms with Crippen LogP contribution in [0.25, 0.3) is 0 Å². The monoisotopic (exact) mass is 326 g/mol. The maximum absolute atomic E-state index is 12.4. The van der Waals surface area contributed by atoms with Crippen LogP contribution in [0.4, 0.5) is 0 Å². The van der Waals surface area contributed by atoms with Gasteiger partial charge in [-0.25, -0.2) is 0 Å². The minimum Gasteiger partial charge on any atom is -0.369 e. The number of likely N-dealkylation sites (tertiary alicyclic amines) is 1. The Morgan fingerprint density at radius 2 is 1.86 bits per heavy atom. The second-order valence-corrected chi connectivity index (χ2v) is 7.07. The highest BCUT2D eigenvalue weighted by atomic mass is 35.5. The largest absolute Gasteiger partial charge is 0.369 e. The van der Waals surface area contributed by atoms with Gasteiger partial charge >= 0.3 is 0 Å². The second kappa shape index (κ2) is 7.18. The molecule has 2 amide bonds. The van der Waals surface area contributed by atoms with E-state index in [-0.39, 0.29) is 23.0 Å². The molecule has 1 aromatic rings. The van der Waals surface area contributed by atoms with E-state index in [4.69, 9.17) is 17.3 Å². The van der Waals surface area contributed by atoms with Gasteiger partial charge in [0, 0.05) is 28.9 Å². The van der Waals surface area contributed by atoms with Crippen molar-refractivity contribution < 1.29 is 9.59 Å². The molecular weight excluding hydrogens is 308 g/mol. The molecule has 2 N–H and O–H groups in total. The van der Waals surface area contributed by atoms with Gasteiger partial charge in [-0.1, -0.05) is 11.6 Å². The van der Waals surface area contributed by atoms with E-state index in [1.165, 1.54) is 11.8 Å². The molecule has 1 aliphatic rings. The third kappa shape index (κ3) is 4.38. The molecule has 0 radical (unpaired) electrons. The Balaban J connectivity index is 1.88. The van der Waals surface area contributed by atoms with Crippen molar-refractivity contribution in [3.63, 3.8) is 0 Å². The summed E-state index contributed by atoms with van der Waals surface area (Å²) in [7, 11) is 0. The van der Waals surface area contributed by atoms with Gasteiger partial charge in [-0.2, -0.15) is 0 Å². The molecule has 0 spiro atoms. The summed E-state index contributed by atoms with van der Waals surface area (Å²) in [5.41, 5.74) is 5.31. The summed E-state index contributed by atoms with van der Waals surface area (Å²) in [5, 5.41) is 0.531. The highest BCUT2D eigenvalue weighted by molar-refractivity contribution is 8.00. The van der Waals surface area contributed by atoms with Crippen molar-refractivity contribution in [2.45, 2.75) is 29.9 Å². The minimum absolute atomic E-state index is 0.0896. The first kappa shape index (κ1) is 16.2. The number of thioether (sulfide) groups is 1. The van der Waals surface area contributed by atoms with E-state index in [0.29, 0.717) is 31.0 Å². The zero-order valence-corrected chi connectivity index (χ0v) is 13.5. The van der Waals surface area contributed by atoms with E-state index in [1.54, 1.807) is 0 Å². The number of amides is 2. The molecule has 0 aromatic heterocycles. The smallest absolute Gasteiger partial charge is 0.235 e. The Bertz CT molecular complexity index is 513. The molecule has 1 aliphatic heterocycles. The van der Waals surface area contributed by atoms with Gasteiger partial charge in [-0.3, -0.25) is 9.59 Å². The van der Waals surface area contributed by atoms with Gasteiger partial charge in [0.25, 0.3) is 0 Å². The molecule has 1 atom stereocenters. The number of nitrogens with zero attached hydrogens (tertiary/aromatic N) is 1. The Labute approximate surface area is 134 Å². The molecule has 0 bridgehead atoms. The molecule has 1 fully saturated rings. The predicted molar refractivity (Wildman–Crippen MR) is 85.3 cm³/mol. The molecular formula is C15H19ClN2O2S. The van der Waals surface area contributed by atoms with E-state index in [2.05, 4.69) is 0 Å². The van der Waals surface area contributed by atoms with E-state index >= 15 is 0 Å². The lowest BCUT2D eigenvalue weighted by Crippen LogP contribution is -2.44. The molecule has 0 saturated carbocycles. The predicted octanol–water partition coefficient (Wildman–Crippen LogP) is 2.54. The van der Waals surface area contributed by atoms with Gasteiger partial charge in [0.15, 0.2) is 0 Å². The van der Waals surface area contributed by atoms with Crippen LogP contribution in [0.2, 0.25) is 5.02 Å². The number of hydrogen-bond acceptors (Lipinski definition) is 3. The number of primary amides is 1. The number of hydrogen-bond donors (Lipinski definition) is 1. The lowest BCUT2D eigenvalue weighted by atomic mass is 9.96. The van der Waals surface area contributed by atoms with Crippen LogP contribution in [-0.4, -0.2) is 35.1 Å². The van der Waals surface area contributed by atoms with Gasteiger partial charge in [0.05, 0.1) is 5.25 Å². The topological polar surface area (TPSA) is 63.4 Å². The van der Waals surface area contributed by atoms with Gasteiger partial charge in [-0.15, -0.1) is 11.8 Å². The number of halogens is 1. The van der Waals surface area contributed by atoms with Crippen molar-refractivity contribution in [1.29, 1.82) is 0 Å². The third-order valence-electron chi connectivity index (χ3n) is 3.68. The maximum atomic E-state index is 12.4. The van der Waals surface area contributed by atoms with Crippen molar-refractivity contribution in [2.75, 3.05) is 13.1 Å². The zero-order chi connectivity index (χ0) is 15.4. The van der Waals surface area contributed by atoms with Crippen LogP contribution >= 0.6 is 23.4 Å². The first-order valence-corrected chi connectivity index (χ1v) is 8.23. The highest BCUT2D eigenvalue weighted by Crippen LogP contribution is 2.27. The summed E-state index contributed by atoms with van der Waals surface area (Å²) in [4.78, 5) is 26.4. The second-order valence-electron chi connectivity index (χ2n) is 5.22. The van der Waals surface area contributed by atoms with Crippen molar-refractivity contribution in [3.05, 3.63) is 29.3 Å². The van der Waals surface area contributed by atoms with Crippen LogP contribution in [0.5, 0.6) is 0 Å². The summed E-state index contributed by atoms with van der Waals surface area (Å²) >= 11 is 7.37. The maximum Gasteiger partial charge on any atom is 0.235 e. The molecule has 0 unspecified atom stereocenters. The van der Waals surface area contributed by atoms with Crippen molar-refractivity contribution in [1.82, 2.24) is 4.90 Å². The average molecular weight is 327 g/mol. The van der Waals surface area contributed by atoms with Crippen LogP contribution < -0.4 is 5.73 Å². The molecule has 1 saturated heterocycles. The lowest BCUT2D eigenvalue weighted by molar-refractivity contribution is -0.134. The average Bonchev–Trinajstić information content (AvgIpc) is 2.49. The number of nitrogens with two attached hydrogens (primary N) is 1. The number of rotatable bonds is 4. The van der Waals surface area contributed by atoms with E-state index in [9.17, 15) is 9.59 Å². The quantitative estimate of drug-likeness (QED) is 0.865. The summed E-state index contributed by atoms with van der Waals surface area (Å²) in [6.07, 6.45) is 1.33. The fourth-order valence-electron chi connectivity index (χ4n) is 2.41. The fraction of sp³-hybridized carbons (Fsp3) is 0.467. The van der Waals surface area contributed by atoms with E-state index in [1.807, 2.05) is 36.1 Å². The van der Waals surface area contributed by atoms with Crippen LogP contribution in [0.15, 0.2) is 29.2 Å². The van der Waals surface area contributed by atoms with Gasteiger partial charge < -0.3 is 10.6 Å². The lowest BCUT2D eigenvalue weighted by Gasteiger charge is -2.32. The van der Waals surface area contributed by atoms with E-state index < -0.39 is 0 Å². The SMILES string of the molecule is C[C@H](Sc1ccc(Cl)cc1)C(=O)N1CCC(C(N)=O)CC1. The first-order valence-electron chi connectivity index (χ1n) is 6.97. The third-order valence-corrected chi connectivity index (χ3v) is 5.03. The van der Waals surface area contributed by atoms with Crippen LogP contribution in [0, 0.1) is 5.92 Å². The summed E-state index contributed by atoms with van der Waals surface area (Å²) in [6, 6.07) is 7.46. The molecule has 0 aliphatic carbocycles. The Hall–Kier alpha value is -1.20. The number of benzene rings is 1. The van der Waals surface area contributed by atoms with Gasteiger partial charge in [0.1, 0.15) is 0 Å². The zero-order valence-electron chi connectivity index (χ0n) is 11.9. The molecule has 4 nitrogen and oxygen atoms in total. The summed E-state index contributed by atoms with van der Waals surface area (Å²) in [6.45, 7) is 3.12. The Morgan fingerprint density at radius 3 is 2.38 bits per heavy atom. The molecule has 6 heteroatoms. The Kier molecular flexibility index (Phi) is 5.53. The Morgan fingerprint density at radius 1 is 1.29 bits per heavy atom. The summed E-state index contributed by atoms with van der Waals surface area (Å²) in [5.74, 6) is -0.239. The molecule has 1 heterocycles. The molecule has 114 valence electrons. The fourth-order valence-corrected chi connectivity index (χ4v) is 3.49.